The second kappa shape index (κ2) is 12.7. The van der Waals surface area contributed by atoms with Crippen molar-refractivity contribution in [2.45, 2.75) is 43.4 Å². The molecule has 42 heavy (non-hydrogen) atoms. The highest BCUT2D eigenvalue weighted by atomic mass is 32.2. The summed E-state index contributed by atoms with van der Waals surface area (Å²) in [7, 11) is -3.81. The molecule has 5 rings (SSSR count). The largest absolute Gasteiger partial charge is 0.427 e. The molecule has 0 aliphatic carbocycles. The third-order valence-electron chi connectivity index (χ3n) is 7.52. The first-order valence-electron chi connectivity index (χ1n) is 13.9. The summed E-state index contributed by atoms with van der Waals surface area (Å²) < 4.78 is 40.4. The van der Waals surface area contributed by atoms with Crippen LogP contribution in [0.5, 0.6) is 11.5 Å². The molecule has 0 bridgehead atoms. The van der Waals surface area contributed by atoms with E-state index in [0.717, 1.165) is 24.0 Å². The van der Waals surface area contributed by atoms with Gasteiger partial charge in [0.05, 0.1) is 4.90 Å². The summed E-state index contributed by atoms with van der Waals surface area (Å²) in [6.45, 7) is 3.56. The summed E-state index contributed by atoms with van der Waals surface area (Å²) in [4.78, 5) is 23.2. The monoisotopic (exact) mass is 583 g/mol. The van der Waals surface area contributed by atoms with Crippen molar-refractivity contribution in [1.82, 2.24) is 4.31 Å². The maximum Gasteiger partial charge on any atom is 0.308 e. The number of rotatable bonds is 8. The van der Waals surface area contributed by atoms with Crippen molar-refractivity contribution >= 4 is 22.0 Å². The minimum absolute atomic E-state index is 0.251. The molecule has 1 aliphatic heterocycles. The van der Waals surface area contributed by atoms with Crippen molar-refractivity contribution in [3.63, 3.8) is 0 Å². The van der Waals surface area contributed by atoms with E-state index >= 15 is 0 Å². The van der Waals surface area contributed by atoms with Crippen molar-refractivity contribution in [3.8, 4) is 11.5 Å². The van der Waals surface area contributed by atoms with Crippen molar-refractivity contribution in [2.75, 3.05) is 13.1 Å². The molecule has 8 heteroatoms. The molecular weight excluding hydrogens is 550 g/mol. The van der Waals surface area contributed by atoms with Gasteiger partial charge in [-0.05, 0) is 71.3 Å². The van der Waals surface area contributed by atoms with Crippen LogP contribution in [0.1, 0.15) is 60.8 Å². The van der Waals surface area contributed by atoms with E-state index in [2.05, 4.69) is 12.1 Å². The number of carbonyl (C=O) groups is 2. The van der Waals surface area contributed by atoms with Crippen molar-refractivity contribution in [1.29, 1.82) is 0 Å². The molecule has 0 unspecified atom stereocenters. The first-order valence-corrected chi connectivity index (χ1v) is 15.4. The average molecular weight is 584 g/mol. The molecule has 1 aliphatic rings. The number of hydrogen-bond acceptors (Lipinski definition) is 6. The predicted octanol–water partition coefficient (Wildman–Crippen LogP) is 6.29. The van der Waals surface area contributed by atoms with Gasteiger partial charge in [0, 0.05) is 32.9 Å². The highest BCUT2D eigenvalue weighted by Crippen LogP contribution is 2.39. The zero-order valence-electron chi connectivity index (χ0n) is 23.6. The summed E-state index contributed by atoms with van der Waals surface area (Å²) in [6, 6.07) is 31.4. The third kappa shape index (κ3) is 6.61. The number of piperidine rings is 1. The number of ether oxygens (including phenoxy) is 2. The fourth-order valence-corrected chi connectivity index (χ4v) is 7.29. The van der Waals surface area contributed by atoms with Gasteiger partial charge < -0.3 is 9.47 Å². The Balaban J connectivity index is 1.51. The third-order valence-corrected chi connectivity index (χ3v) is 9.50. The van der Waals surface area contributed by atoms with Crippen LogP contribution in [0.15, 0.2) is 108 Å². The molecule has 0 spiro atoms. The normalized spacial score (nSPS) is 14.5. The Bertz CT molecular complexity index is 1580. The molecule has 7 nitrogen and oxygen atoms in total. The van der Waals surface area contributed by atoms with Gasteiger partial charge in [-0.3, -0.25) is 9.59 Å². The molecule has 1 heterocycles. The molecule has 4 aromatic carbocycles. The van der Waals surface area contributed by atoms with Crippen LogP contribution >= 0.6 is 0 Å². The molecular formula is C34H33NO6S. The molecule has 0 saturated carbocycles. The van der Waals surface area contributed by atoms with Crippen LogP contribution < -0.4 is 9.47 Å². The van der Waals surface area contributed by atoms with E-state index in [1.807, 2.05) is 54.6 Å². The molecule has 0 radical (unpaired) electrons. The number of hydrogen-bond donors (Lipinski definition) is 0. The molecule has 216 valence electrons. The van der Waals surface area contributed by atoms with E-state index in [-0.39, 0.29) is 4.90 Å². The van der Waals surface area contributed by atoms with Crippen LogP contribution in [-0.2, 0) is 19.6 Å². The lowest BCUT2D eigenvalue weighted by atomic mass is 9.85. The Hall–Kier alpha value is -4.27. The fraction of sp³-hybridized carbons (Fsp3) is 0.235. The van der Waals surface area contributed by atoms with E-state index < -0.39 is 27.9 Å². The van der Waals surface area contributed by atoms with Gasteiger partial charge in [-0.2, -0.15) is 4.31 Å². The molecule has 0 amide bonds. The second-order valence-electron chi connectivity index (χ2n) is 10.4. The quantitative estimate of drug-likeness (QED) is 0.138. The maximum absolute atomic E-state index is 14.2. The molecule has 4 aromatic rings. The number of sulfonamides is 1. The topological polar surface area (TPSA) is 90.0 Å². The van der Waals surface area contributed by atoms with Gasteiger partial charge in [-0.25, -0.2) is 8.42 Å². The van der Waals surface area contributed by atoms with Crippen molar-refractivity contribution < 1.29 is 27.5 Å². The summed E-state index contributed by atoms with van der Waals surface area (Å²) in [6.07, 6.45) is 1.51. The van der Waals surface area contributed by atoms with E-state index in [4.69, 9.17) is 9.47 Å². The minimum atomic E-state index is -3.81. The van der Waals surface area contributed by atoms with Crippen molar-refractivity contribution in [3.05, 3.63) is 125 Å². The van der Waals surface area contributed by atoms with Crippen molar-refractivity contribution in [2.24, 2.45) is 0 Å². The number of carbonyl (C=O) groups excluding carboxylic acids is 2. The number of esters is 2. The van der Waals surface area contributed by atoms with Crippen LogP contribution in [0.25, 0.3) is 0 Å². The van der Waals surface area contributed by atoms with Gasteiger partial charge in [0.2, 0.25) is 10.0 Å². The Morgan fingerprint density at radius 3 is 1.67 bits per heavy atom. The maximum atomic E-state index is 14.2. The molecule has 1 fully saturated rings. The molecule has 1 saturated heterocycles. The van der Waals surface area contributed by atoms with Crippen LogP contribution in [0.2, 0.25) is 0 Å². The zero-order valence-corrected chi connectivity index (χ0v) is 24.4. The van der Waals surface area contributed by atoms with Gasteiger partial charge in [-0.15, -0.1) is 0 Å². The van der Waals surface area contributed by atoms with Crippen LogP contribution in [0.3, 0.4) is 0 Å². The van der Waals surface area contributed by atoms with Gasteiger partial charge in [0.1, 0.15) is 11.5 Å². The highest BCUT2D eigenvalue weighted by Gasteiger charge is 2.33. The van der Waals surface area contributed by atoms with Gasteiger partial charge in [0.25, 0.3) is 0 Å². The molecule has 0 N–H and O–H groups in total. The SMILES string of the molecule is CC(=O)Oc1ccc(C(c2ccc(OC(C)=O)cc2)c2ccccc2S(=O)(=O)N2CCC(c3ccccc3)CC2)cc1. The number of nitrogens with zero attached hydrogens (tertiary/aromatic N) is 1. The van der Waals surface area contributed by atoms with Crippen LogP contribution in [0.4, 0.5) is 0 Å². The summed E-state index contributed by atoms with van der Waals surface area (Å²) in [5.41, 5.74) is 3.50. The second-order valence-corrected chi connectivity index (χ2v) is 12.3. The van der Waals surface area contributed by atoms with E-state index in [1.54, 1.807) is 40.7 Å². The average Bonchev–Trinajstić information content (AvgIpc) is 2.99. The molecule has 0 atom stereocenters. The Morgan fingerprint density at radius 1 is 0.690 bits per heavy atom. The smallest absolute Gasteiger partial charge is 0.308 e. The van der Waals surface area contributed by atoms with E-state index in [9.17, 15) is 18.0 Å². The Labute approximate surface area is 246 Å². The van der Waals surface area contributed by atoms with E-state index in [0.29, 0.717) is 36.1 Å². The molecule has 0 aromatic heterocycles. The summed E-state index contributed by atoms with van der Waals surface area (Å²) >= 11 is 0. The lowest BCUT2D eigenvalue weighted by Crippen LogP contribution is -2.38. The summed E-state index contributed by atoms with van der Waals surface area (Å²) in [5.74, 6) is -0.182. The lowest BCUT2D eigenvalue weighted by molar-refractivity contribution is -0.132. The van der Waals surface area contributed by atoms with Gasteiger partial charge in [0.15, 0.2) is 0 Å². The Morgan fingerprint density at radius 2 is 1.17 bits per heavy atom. The summed E-state index contributed by atoms with van der Waals surface area (Å²) in [5, 5.41) is 0. The highest BCUT2D eigenvalue weighted by molar-refractivity contribution is 7.89. The fourth-order valence-electron chi connectivity index (χ4n) is 5.59. The Kier molecular flexibility index (Phi) is 8.85. The van der Waals surface area contributed by atoms with Gasteiger partial charge in [-0.1, -0.05) is 72.8 Å². The zero-order chi connectivity index (χ0) is 29.7. The van der Waals surface area contributed by atoms with E-state index in [1.165, 1.54) is 19.4 Å². The number of benzene rings is 4. The predicted molar refractivity (Wildman–Crippen MR) is 160 cm³/mol. The lowest BCUT2D eigenvalue weighted by Gasteiger charge is -2.32. The first kappa shape index (κ1) is 29.2. The van der Waals surface area contributed by atoms with Crippen LogP contribution in [0, 0.1) is 0 Å². The van der Waals surface area contributed by atoms with Crippen LogP contribution in [-0.4, -0.2) is 37.8 Å². The van der Waals surface area contributed by atoms with Gasteiger partial charge >= 0.3 is 11.9 Å². The minimum Gasteiger partial charge on any atom is -0.427 e. The standard InChI is InChI=1S/C34H33NO6S/c1-24(36)40-30-16-12-28(13-17-30)34(29-14-18-31(19-15-29)41-25(2)37)32-10-6-7-11-33(32)42(38,39)35-22-20-27(21-23-35)26-8-4-3-5-9-26/h3-19,27,34H,20-23H2,1-2H3. The first-order chi connectivity index (χ1) is 20.2.